The topological polar surface area (TPSA) is 68.5 Å². The van der Waals surface area contributed by atoms with Crippen LogP contribution in [0.4, 0.5) is 0 Å². The number of rotatable bonds is 6. The molecule has 0 aliphatic heterocycles. The van der Waals surface area contributed by atoms with E-state index in [0.717, 1.165) is 16.7 Å². The normalized spacial score (nSPS) is 11.9. The molecule has 1 heterocycles. The molecule has 0 bridgehead atoms. The van der Waals surface area contributed by atoms with E-state index in [1.54, 1.807) is 32.2 Å². The van der Waals surface area contributed by atoms with E-state index in [9.17, 15) is 4.79 Å². The Morgan fingerprint density at radius 3 is 2.75 bits per heavy atom. The van der Waals surface area contributed by atoms with Gasteiger partial charge in [0.05, 0.1) is 6.54 Å². The lowest BCUT2D eigenvalue weighted by Crippen LogP contribution is -2.37. The summed E-state index contributed by atoms with van der Waals surface area (Å²) in [4.78, 5) is 18.5. The second-order valence-electron chi connectivity index (χ2n) is 6.75. The second-order valence-corrected chi connectivity index (χ2v) is 7.15. The Balaban J connectivity index is 1.63. The Labute approximate surface area is 169 Å². The highest BCUT2D eigenvalue weighted by Gasteiger charge is 2.21. The van der Waals surface area contributed by atoms with Gasteiger partial charge in [-0.05, 0) is 50.6 Å². The van der Waals surface area contributed by atoms with Crippen molar-refractivity contribution >= 4 is 17.5 Å². The third-order valence-electron chi connectivity index (χ3n) is 4.28. The number of nitrogens with zero attached hydrogens (tertiary/aromatic N) is 3. The largest absolute Gasteiger partial charge is 0.481 e. The van der Waals surface area contributed by atoms with Crippen molar-refractivity contribution < 1.29 is 14.1 Å². The molecule has 3 aromatic rings. The zero-order valence-corrected chi connectivity index (χ0v) is 17.0. The number of likely N-dealkylation sites (N-methyl/N-ethyl adjacent to an activating group) is 1. The van der Waals surface area contributed by atoms with Gasteiger partial charge in [-0.3, -0.25) is 4.79 Å². The van der Waals surface area contributed by atoms with Gasteiger partial charge in [0.1, 0.15) is 5.75 Å². The zero-order valence-electron chi connectivity index (χ0n) is 16.3. The summed E-state index contributed by atoms with van der Waals surface area (Å²) in [6.07, 6.45) is -0.662. The first-order chi connectivity index (χ1) is 13.3. The molecule has 1 amide bonds. The number of aromatic nitrogens is 2. The van der Waals surface area contributed by atoms with Crippen molar-refractivity contribution in [2.75, 3.05) is 7.05 Å². The Hall–Kier alpha value is -2.86. The SMILES string of the molecule is Cc1cccc(-c2noc(CN(C)C(=O)[C@H](C)Oc3ccc(Cl)c(C)c3)n2)c1. The fourth-order valence-electron chi connectivity index (χ4n) is 2.76. The van der Waals surface area contributed by atoms with Crippen molar-refractivity contribution in [3.8, 4) is 17.1 Å². The molecule has 0 radical (unpaired) electrons. The fourth-order valence-corrected chi connectivity index (χ4v) is 2.87. The summed E-state index contributed by atoms with van der Waals surface area (Å²) in [6.45, 7) is 5.79. The van der Waals surface area contributed by atoms with Crippen molar-refractivity contribution in [1.29, 1.82) is 0 Å². The number of ether oxygens (including phenoxy) is 1. The molecule has 0 aliphatic carbocycles. The van der Waals surface area contributed by atoms with E-state index >= 15 is 0 Å². The molecular weight excluding hydrogens is 378 g/mol. The van der Waals surface area contributed by atoms with Gasteiger partial charge < -0.3 is 14.2 Å². The molecule has 0 saturated carbocycles. The number of hydrogen-bond acceptors (Lipinski definition) is 5. The van der Waals surface area contributed by atoms with E-state index in [-0.39, 0.29) is 12.5 Å². The molecule has 1 aromatic heterocycles. The maximum atomic E-state index is 12.6. The minimum Gasteiger partial charge on any atom is -0.481 e. The van der Waals surface area contributed by atoms with Crippen LogP contribution in [0.2, 0.25) is 5.02 Å². The maximum absolute atomic E-state index is 12.6. The summed E-state index contributed by atoms with van der Waals surface area (Å²) in [5.74, 6) is 1.26. The van der Waals surface area contributed by atoms with Gasteiger partial charge in [-0.15, -0.1) is 0 Å². The Morgan fingerprint density at radius 1 is 1.25 bits per heavy atom. The van der Waals surface area contributed by atoms with Crippen LogP contribution in [0.5, 0.6) is 5.75 Å². The predicted molar refractivity (Wildman–Crippen MR) is 107 cm³/mol. The molecule has 2 aromatic carbocycles. The Bertz CT molecular complexity index is 987. The fraction of sp³-hybridized carbons (Fsp3) is 0.286. The van der Waals surface area contributed by atoms with E-state index in [1.807, 2.05) is 38.1 Å². The maximum Gasteiger partial charge on any atom is 0.263 e. The van der Waals surface area contributed by atoms with Crippen molar-refractivity contribution in [3.63, 3.8) is 0 Å². The first-order valence-corrected chi connectivity index (χ1v) is 9.28. The molecule has 0 N–H and O–H groups in total. The first kappa shape index (κ1) is 19.9. The number of halogens is 1. The molecule has 3 rings (SSSR count). The molecule has 0 unspecified atom stereocenters. The first-order valence-electron chi connectivity index (χ1n) is 8.91. The van der Waals surface area contributed by atoms with Gasteiger partial charge in [0.2, 0.25) is 11.7 Å². The van der Waals surface area contributed by atoms with Crippen LogP contribution < -0.4 is 4.74 Å². The second kappa shape index (κ2) is 8.44. The van der Waals surface area contributed by atoms with E-state index < -0.39 is 6.10 Å². The lowest BCUT2D eigenvalue weighted by Gasteiger charge is -2.21. The molecule has 0 spiro atoms. The molecule has 6 nitrogen and oxygen atoms in total. The number of amides is 1. The quantitative estimate of drug-likeness (QED) is 0.613. The van der Waals surface area contributed by atoms with Gasteiger partial charge in [-0.25, -0.2) is 0 Å². The van der Waals surface area contributed by atoms with Crippen LogP contribution in [0, 0.1) is 13.8 Å². The highest BCUT2D eigenvalue weighted by molar-refractivity contribution is 6.31. The summed E-state index contributed by atoms with van der Waals surface area (Å²) in [6, 6.07) is 13.1. The average Bonchev–Trinajstić information content (AvgIpc) is 3.12. The van der Waals surface area contributed by atoms with Crippen LogP contribution in [-0.2, 0) is 11.3 Å². The van der Waals surface area contributed by atoms with Crippen molar-refractivity contribution in [1.82, 2.24) is 15.0 Å². The lowest BCUT2D eigenvalue weighted by atomic mass is 10.1. The third kappa shape index (κ3) is 4.70. The number of carbonyl (C=O) groups is 1. The van der Waals surface area contributed by atoms with Gasteiger partial charge in [-0.1, -0.05) is 40.5 Å². The van der Waals surface area contributed by atoms with Crippen LogP contribution in [0.25, 0.3) is 11.4 Å². The van der Waals surface area contributed by atoms with E-state index in [1.165, 1.54) is 4.90 Å². The monoisotopic (exact) mass is 399 g/mol. The van der Waals surface area contributed by atoms with Gasteiger partial charge >= 0.3 is 0 Å². The zero-order chi connectivity index (χ0) is 20.3. The summed E-state index contributed by atoms with van der Waals surface area (Å²) in [5, 5.41) is 4.66. The van der Waals surface area contributed by atoms with Crippen LogP contribution in [0.3, 0.4) is 0 Å². The number of hydrogen-bond donors (Lipinski definition) is 0. The minimum atomic E-state index is -0.662. The van der Waals surface area contributed by atoms with Crippen molar-refractivity contribution in [3.05, 3.63) is 64.5 Å². The summed E-state index contributed by atoms with van der Waals surface area (Å²) in [5.41, 5.74) is 2.88. The number of carbonyl (C=O) groups excluding carboxylic acids is 1. The molecule has 28 heavy (non-hydrogen) atoms. The van der Waals surface area contributed by atoms with E-state index in [4.69, 9.17) is 20.9 Å². The van der Waals surface area contributed by atoms with Gasteiger partial charge in [0.25, 0.3) is 5.91 Å². The van der Waals surface area contributed by atoms with Crippen molar-refractivity contribution in [2.45, 2.75) is 33.4 Å². The van der Waals surface area contributed by atoms with Gasteiger partial charge in [-0.2, -0.15) is 4.98 Å². The standard InChI is InChI=1S/C21H22ClN3O3/c1-13-6-5-7-16(10-13)20-23-19(28-24-20)12-25(4)21(26)15(3)27-17-8-9-18(22)14(2)11-17/h5-11,15H,12H2,1-4H3/t15-/m0/s1. The molecule has 0 fully saturated rings. The minimum absolute atomic E-state index is 0.192. The summed E-state index contributed by atoms with van der Waals surface area (Å²) >= 11 is 6.02. The molecular formula is C21H22ClN3O3. The average molecular weight is 400 g/mol. The molecule has 0 saturated heterocycles. The lowest BCUT2D eigenvalue weighted by molar-refractivity contribution is -0.137. The number of benzene rings is 2. The van der Waals surface area contributed by atoms with Crippen molar-refractivity contribution in [2.24, 2.45) is 0 Å². The third-order valence-corrected chi connectivity index (χ3v) is 4.71. The van der Waals surface area contributed by atoms with Crippen LogP contribution in [0.15, 0.2) is 47.0 Å². The highest BCUT2D eigenvalue weighted by Crippen LogP contribution is 2.22. The van der Waals surface area contributed by atoms with Crippen LogP contribution >= 0.6 is 11.6 Å². The number of aryl methyl sites for hydroxylation is 2. The van der Waals surface area contributed by atoms with E-state index in [2.05, 4.69) is 10.1 Å². The molecule has 1 atom stereocenters. The molecule has 7 heteroatoms. The smallest absolute Gasteiger partial charge is 0.263 e. The predicted octanol–water partition coefficient (Wildman–Crippen LogP) is 4.43. The Morgan fingerprint density at radius 2 is 2.04 bits per heavy atom. The summed E-state index contributed by atoms with van der Waals surface area (Å²) in [7, 11) is 1.67. The van der Waals surface area contributed by atoms with Crippen LogP contribution in [-0.4, -0.2) is 34.1 Å². The van der Waals surface area contributed by atoms with Gasteiger partial charge in [0.15, 0.2) is 6.10 Å². The molecule has 146 valence electrons. The van der Waals surface area contributed by atoms with Gasteiger partial charge in [0, 0.05) is 17.6 Å². The summed E-state index contributed by atoms with van der Waals surface area (Å²) < 4.78 is 11.0. The Kier molecular flexibility index (Phi) is 5.99. The van der Waals surface area contributed by atoms with Crippen LogP contribution in [0.1, 0.15) is 23.9 Å². The highest BCUT2D eigenvalue weighted by atomic mass is 35.5. The van der Waals surface area contributed by atoms with E-state index in [0.29, 0.717) is 22.5 Å². The molecule has 0 aliphatic rings.